The highest BCUT2D eigenvalue weighted by Crippen LogP contribution is 2.28. The average Bonchev–Trinajstić information content (AvgIpc) is 3.15. The Hall–Kier alpha value is -2.21. The number of ether oxygens (including phenoxy) is 1. The van der Waals surface area contributed by atoms with Crippen molar-refractivity contribution >= 4 is 40.0 Å². The van der Waals surface area contributed by atoms with E-state index < -0.39 is 0 Å². The molecule has 0 saturated carbocycles. The Morgan fingerprint density at radius 3 is 2.73 bits per heavy atom. The number of nitrogens with one attached hydrogen (secondary N) is 2. The molecule has 3 aromatic rings. The first-order valence-electron chi connectivity index (χ1n) is 10.2. The van der Waals surface area contributed by atoms with Crippen molar-refractivity contribution in [2.45, 2.75) is 25.4 Å². The highest BCUT2D eigenvalue weighted by Gasteiger charge is 2.20. The van der Waals surface area contributed by atoms with Crippen LogP contribution in [0.5, 0.6) is 5.75 Å². The molecular formula is C23H25Cl2N3O2. The van der Waals surface area contributed by atoms with E-state index in [0.29, 0.717) is 23.0 Å². The average molecular weight is 446 g/mol. The summed E-state index contributed by atoms with van der Waals surface area (Å²) in [6.07, 6.45) is 4.38. The second-order valence-corrected chi connectivity index (χ2v) is 8.44. The first-order valence-corrected chi connectivity index (χ1v) is 11.0. The molecule has 2 N–H and O–H groups in total. The number of carbonyl (C=O) groups excluding carboxylic acids is 1. The minimum atomic E-state index is 0.0533. The number of likely N-dealkylation sites (tertiary alicyclic amines) is 1. The number of aromatic nitrogens is 1. The van der Waals surface area contributed by atoms with Crippen molar-refractivity contribution < 1.29 is 9.53 Å². The van der Waals surface area contributed by atoms with Gasteiger partial charge < -0.3 is 19.9 Å². The fourth-order valence-corrected chi connectivity index (χ4v) is 4.15. The summed E-state index contributed by atoms with van der Waals surface area (Å²) in [6, 6.07) is 13.4. The summed E-state index contributed by atoms with van der Waals surface area (Å²) in [5.74, 6) is 0.810. The molecule has 0 unspecified atom stereocenters. The monoisotopic (exact) mass is 445 g/mol. The maximum Gasteiger partial charge on any atom is 0.224 e. The number of rotatable bonds is 7. The minimum absolute atomic E-state index is 0.0533. The van der Waals surface area contributed by atoms with E-state index in [-0.39, 0.29) is 12.0 Å². The van der Waals surface area contributed by atoms with Gasteiger partial charge in [0, 0.05) is 49.3 Å². The normalized spacial score (nSPS) is 15.4. The number of halogens is 2. The predicted octanol–water partition coefficient (Wildman–Crippen LogP) is 4.68. The van der Waals surface area contributed by atoms with Crippen molar-refractivity contribution in [3.63, 3.8) is 0 Å². The first-order chi connectivity index (χ1) is 14.6. The summed E-state index contributed by atoms with van der Waals surface area (Å²) < 4.78 is 6.03. The molecule has 4 rings (SSSR count). The molecule has 1 fully saturated rings. The van der Waals surface area contributed by atoms with Crippen molar-refractivity contribution in [2.75, 3.05) is 26.2 Å². The Kier molecular flexibility index (Phi) is 6.82. The maximum absolute atomic E-state index is 12.3. The van der Waals surface area contributed by atoms with Crippen molar-refractivity contribution in [1.29, 1.82) is 0 Å². The number of amides is 1. The summed E-state index contributed by atoms with van der Waals surface area (Å²) in [6.45, 7) is 3.40. The quantitative estimate of drug-likeness (QED) is 0.554. The van der Waals surface area contributed by atoms with E-state index in [2.05, 4.69) is 15.2 Å². The Balaban J connectivity index is 1.17. The van der Waals surface area contributed by atoms with E-state index >= 15 is 0 Å². The Morgan fingerprint density at radius 1 is 1.13 bits per heavy atom. The summed E-state index contributed by atoms with van der Waals surface area (Å²) in [5, 5.41) is 5.19. The lowest BCUT2D eigenvalue weighted by Crippen LogP contribution is -2.42. The van der Waals surface area contributed by atoms with Crippen LogP contribution in [-0.4, -0.2) is 48.1 Å². The number of para-hydroxylation sites is 1. The molecule has 0 aliphatic carbocycles. The van der Waals surface area contributed by atoms with Crippen LogP contribution in [0, 0.1) is 0 Å². The van der Waals surface area contributed by atoms with Gasteiger partial charge in [-0.2, -0.15) is 0 Å². The number of H-pyrrole nitrogens is 1. The van der Waals surface area contributed by atoms with Crippen LogP contribution in [-0.2, 0) is 11.2 Å². The van der Waals surface area contributed by atoms with Crippen LogP contribution < -0.4 is 10.1 Å². The van der Waals surface area contributed by atoms with Crippen LogP contribution in [0.15, 0.2) is 48.7 Å². The van der Waals surface area contributed by atoms with Gasteiger partial charge in [-0.15, -0.1) is 0 Å². The molecule has 0 radical (unpaired) electrons. The molecule has 1 aliphatic rings. The van der Waals surface area contributed by atoms with Gasteiger partial charge in [-0.25, -0.2) is 0 Å². The summed E-state index contributed by atoms with van der Waals surface area (Å²) in [7, 11) is 0. The fraction of sp³-hybridized carbons (Fsp3) is 0.348. The molecule has 158 valence electrons. The number of carbonyl (C=O) groups is 1. The third-order valence-corrected chi connectivity index (χ3v) is 6.24. The summed E-state index contributed by atoms with van der Waals surface area (Å²) in [4.78, 5) is 17.9. The number of piperidine rings is 1. The molecule has 2 heterocycles. The molecule has 1 aliphatic heterocycles. The van der Waals surface area contributed by atoms with Gasteiger partial charge in [0.2, 0.25) is 5.91 Å². The molecule has 2 aromatic carbocycles. The lowest BCUT2D eigenvalue weighted by molar-refractivity contribution is -0.120. The minimum Gasteiger partial charge on any atom is -0.490 e. The van der Waals surface area contributed by atoms with Gasteiger partial charge in [-0.3, -0.25) is 4.79 Å². The van der Waals surface area contributed by atoms with Crippen LogP contribution >= 0.6 is 23.2 Å². The van der Waals surface area contributed by atoms with E-state index in [9.17, 15) is 4.79 Å². The Labute approximate surface area is 186 Å². The van der Waals surface area contributed by atoms with Gasteiger partial charge in [-0.1, -0.05) is 41.4 Å². The zero-order chi connectivity index (χ0) is 20.9. The summed E-state index contributed by atoms with van der Waals surface area (Å²) >= 11 is 12.0. The van der Waals surface area contributed by atoms with Crippen molar-refractivity contribution in [1.82, 2.24) is 15.2 Å². The van der Waals surface area contributed by atoms with Crippen molar-refractivity contribution in [3.05, 3.63) is 64.3 Å². The van der Waals surface area contributed by atoms with Gasteiger partial charge in [0.25, 0.3) is 0 Å². The molecule has 30 heavy (non-hydrogen) atoms. The number of nitrogens with zero attached hydrogens (tertiary/aromatic N) is 1. The molecule has 0 bridgehead atoms. The standard InChI is InChI=1S/C23H25Cl2N3O2/c24-20-6-5-18(14-21(20)25)30-17-7-10-28(11-8-17)12-9-26-23(29)13-16-15-27-22-4-2-1-3-19(16)22/h1-6,14-15,17,27H,7-13H2,(H,26,29). The number of fused-ring (bicyclic) bond motifs is 1. The Morgan fingerprint density at radius 2 is 1.93 bits per heavy atom. The second kappa shape index (κ2) is 9.73. The van der Waals surface area contributed by atoms with Crippen LogP contribution in [0.3, 0.4) is 0 Å². The largest absolute Gasteiger partial charge is 0.490 e. The van der Waals surface area contributed by atoms with Gasteiger partial charge >= 0.3 is 0 Å². The molecular weight excluding hydrogens is 421 g/mol. The van der Waals surface area contributed by atoms with E-state index in [4.69, 9.17) is 27.9 Å². The van der Waals surface area contributed by atoms with Gasteiger partial charge in [0.1, 0.15) is 11.9 Å². The predicted molar refractivity (Wildman–Crippen MR) is 122 cm³/mol. The second-order valence-electron chi connectivity index (χ2n) is 7.62. The number of benzene rings is 2. The zero-order valence-electron chi connectivity index (χ0n) is 16.7. The van der Waals surface area contributed by atoms with E-state index in [1.165, 1.54) is 0 Å². The van der Waals surface area contributed by atoms with E-state index in [1.807, 2.05) is 36.5 Å². The van der Waals surface area contributed by atoms with Gasteiger partial charge in [-0.05, 0) is 36.6 Å². The highest BCUT2D eigenvalue weighted by atomic mass is 35.5. The van der Waals surface area contributed by atoms with Gasteiger partial charge in [0.05, 0.1) is 16.5 Å². The zero-order valence-corrected chi connectivity index (χ0v) is 18.2. The lowest BCUT2D eigenvalue weighted by atomic mass is 10.1. The van der Waals surface area contributed by atoms with Crippen molar-refractivity contribution in [2.24, 2.45) is 0 Å². The number of hydrogen-bond acceptors (Lipinski definition) is 3. The fourth-order valence-electron chi connectivity index (χ4n) is 3.86. The van der Waals surface area contributed by atoms with Crippen molar-refractivity contribution in [3.8, 4) is 5.75 Å². The van der Waals surface area contributed by atoms with Gasteiger partial charge in [0.15, 0.2) is 0 Å². The van der Waals surface area contributed by atoms with E-state index in [0.717, 1.165) is 54.7 Å². The molecule has 1 aromatic heterocycles. The molecule has 7 heteroatoms. The third-order valence-electron chi connectivity index (χ3n) is 5.50. The maximum atomic E-state index is 12.3. The van der Waals surface area contributed by atoms with E-state index in [1.54, 1.807) is 12.1 Å². The number of aromatic amines is 1. The smallest absolute Gasteiger partial charge is 0.224 e. The summed E-state index contributed by atoms with van der Waals surface area (Å²) in [5.41, 5.74) is 2.09. The molecule has 5 nitrogen and oxygen atoms in total. The van der Waals surface area contributed by atoms with Crippen LogP contribution in [0.4, 0.5) is 0 Å². The van der Waals surface area contributed by atoms with Crippen LogP contribution in [0.2, 0.25) is 10.0 Å². The first kappa shape index (κ1) is 21.0. The number of hydrogen-bond donors (Lipinski definition) is 2. The lowest BCUT2D eigenvalue weighted by Gasteiger charge is -2.32. The van der Waals surface area contributed by atoms with Crippen LogP contribution in [0.1, 0.15) is 18.4 Å². The molecule has 1 saturated heterocycles. The highest BCUT2D eigenvalue weighted by molar-refractivity contribution is 6.42. The Bertz CT molecular complexity index is 1010. The van der Waals surface area contributed by atoms with Crippen LogP contribution in [0.25, 0.3) is 10.9 Å². The topological polar surface area (TPSA) is 57.4 Å². The molecule has 0 spiro atoms. The SMILES string of the molecule is O=C(Cc1c[nH]c2ccccc12)NCCN1CCC(Oc2ccc(Cl)c(Cl)c2)CC1. The third kappa shape index (κ3) is 5.28. The molecule has 0 atom stereocenters. The molecule has 1 amide bonds.